The fourth-order valence-electron chi connectivity index (χ4n) is 1.86. The highest BCUT2D eigenvalue weighted by Gasteiger charge is 2.20. The van der Waals surface area contributed by atoms with E-state index in [1.54, 1.807) is 6.07 Å². The molecule has 0 aliphatic heterocycles. The molecule has 0 radical (unpaired) electrons. The fraction of sp³-hybridized carbons (Fsp3) is 0.333. The Kier molecular flexibility index (Phi) is 5.13. The largest absolute Gasteiger partial charge is 0.271 e. The van der Waals surface area contributed by atoms with Crippen LogP contribution in [0.25, 0.3) is 0 Å². The second kappa shape index (κ2) is 6.63. The van der Waals surface area contributed by atoms with Crippen LogP contribution < -0.4 is 11.3 Å². The van der Waals surface area contributed by atoms with E-state index in [4.69, 9.17) is 29.0 Å². The molecule has 0 aliphatic carbocycles. The molecule has 0 aliphatic rings. The number of nitrogens with two attached hydrogens (primary N) is 1. The van der Waals surface area contributed by atoms with Crippen LogP contribution in [0.3, 0.4) is 0 Å². The van der Waals surface area contributed by atoms with E-state index < -0.39 is 0 Å². The molecule has 102 valence electrons. The molecule has 2 aromatic rings. The van der Waals surface area contributed by atoms with Crippen molar-refractivity contribution in [3.8, 4) is 0 Å². The third kappa shape index (κ3) is 3.24. The number of rotatable bonds is 5. The van der Waals surface area contributed by atoms with E-state index in [1.807, 2.05) is 12.1 Å². The Labute approximate surface area is 126 Å². The first-order chi connectivity index (χ1) is 9.17. The first-order valence-corrected chi connectivity index (χ1v) is 7.42. The summed E-state index contributed by atoms with van der Waals surface area (Å²) in [5, 5.41) is 5.19. The van der Waals surface area contributed by atoms with Gasteiger partial charge in [-0.1, -0.05) is 47.1 Å². The summed E-state index contributed by atoms with van der Waals surface area (Å²) in [6.45, 7) is 2.10. The number of halogens is 2. The predicted octanol–water partition coefficient (Wildman–Crippen LogP) is 3.35. The molecular formula is C12H14Cl2N4S. The van der Waals surface area contributed by atoms with E-state index in [-0.39, 0.29) is 6.04 Å². The van der Waals surface area contributed by atoms with Crippen LogP contribution in [0.5, 0.6) is 0 Å². The molecule has 0 fully saturated rings. The van der Waals surface area contributed by atoms with Gasteiger partial charge in [-0.3, -0.25) is 5.84 Å². The average molecular weight is 317 g/mol. The molecule has 2 rings (SSSR count). The van der Waals surface area contributed by atoms with Crippen molar-refractivity contribution < 1.29 is 0 Å². The van der Waals surface area contributed by atoms with Gasteiger partial charge in [-0.25, -0.2) is 5.43 Å². The number of hydrazine groups is 1. The van der Waals surface area contributed by atoms with Gasteiger partial charge in [0.05, 0.1) is 26.7 Å². The van der Waals surface area contributed by atoms with Crippen LogP contribution >= 0.6 is 34.7 Å². The minimum Gasteiger partial charge on any atom is -0.271 e. The van der Waals surface area contributed by atoms with E-state index in [2.05, 4.69) is 21.9 Å². The zero-order chi connectivity index (χ0) is 13.8. The minimum absolute atomic E-state index is 0.170. The number of aryl methyl sites for hydroxylation is 1. The quantitative estimate of drug-likeness (QED) is 0.656. The molecule has 19 heavy (non-hydrogen) atoms. The number of nitrogens with zero attached hydrogens (tertiary/aromatic N) is 2. The van der Waals surface area contributed by atoms with Gasteiger partial charge in [0.2, 0.25) is 0 Å². The lowest BCUT2D eigenvalue weighted by Crippen LogP contribution is -2.29. The van der Waals surface area contributed by atoms with Crippen molar-refractivity contribution in [2.24, 2.45) is 5.84 Å². The first kappa shape index (κ1) is 14.7. The van der Waals surface area contributed by atoms with Crippen molar-refractivity contribution in [2.75, 3.05) is 0 Å². The van der Waals surface area contributed by atoms with Crippen molar-refractivity contribution in [2.45, 2.75) is 25.8 Å². The molecule has 1 unspecified atom stereocenters. The molecule has 7 heteroatoms. The number of hydrogen-bond donors (Lipinski definition) is 2. The van der Waals surface area contributed by atoms with E-state index in [9.17, 15) is 0 Å². The standard InChI is InChI=1S/C12H14Cl2N4S/c1-2-3-10-12(19-18-17-10)11(16-15)7-4-5-8(13)9(14)6-7/h4-6,11,16H,2-3,15H2,1H3. The Balaban J connectivity index is 2.38. The van der Waals surface area contributed by atoms with Gasteiger partial charge in [0.25, 0.3) is 0 Å². The monoisotopic (exact) mass is 316 g/mol. The van der Waals surface area contributed by atoms with Crippen LogP contribution in [0.15, 0.2) is 18.2 Å². The number of hydrogen-bond acceptors (Lipinski definition) is 5. The average Bonchev–Trinajstić information content (AvgIpc) is 2.83. The van der Waals surface area contributed by atoms with Crippen LogP contribution in [-0.4, -0.2) is 9.59 Å². The summed E-state index contributed by atoms with van der Waals surface area (Å²) in [4.78, 5) is 1.02. The number of benzene rings is 1. The zero-order valence-electron chi connectivity index (χ0n) is 10.4. The summed E-state index contributed by atoms with van der Waals surface area (Å²) in [7, 11) is 0. The van der Waals surface area contributed by atoms with Gasteiger partial charge in [-0.05, 0) is 35.6 Å². The molecule has 1 aromatic carbocycles. The molecule has 0 amide bonds. The van der Waals surface area contributed by atoms with Crippen molar-refractivity contribution in [3.63, 3.8) is 0 Å². The van der Waals surface area contributed by atoms with Gasteiger partial charge in [0.1, 0.15) is 0 Å². The summed E-state index contributed by atoms with van der Waals surface area (Å²) in [6, 6.07) is 5.30. The smallest absolute Gasteiger partial charge is 0.0838 e. The number of nitrogens with one attached hydrogen (secondary N) is 1. The molecule has 0 saturated heterocycles. The predicted molar refractivity (Wildman–Crippen MR) is 79.5 cm³/mol. The lowest BCUT2D eigenvalue weighted by Gasteiger charge is -2.16. The van der Waals surface area contributed by atoms with E-state index in [0.29, 0.717) is 10.0 Å². The zero-order valence-corrected chi connectivity index (χ0v) is 12.7. The van der Waals surface area contributed by atoms with Gasteiger partial charge < -0.3 is 0 Å². The topological polar surface area (TPSA) is 63.8 Å². The highest BCUT2D eigenvalue weighted by atomic mass is 35.5. The molecule has 0 spiro atoms. The van der Waals surface area contributed by atoms with Crippen LogP contribution in [0, 0.1) is 0 Å². The molecule has 3 N–H and O–H groups in total. The van der Waals surface area contributed by atoms with Crippen LogP contribution in [0.4, 0.5) is 0 Å². The van der Waals surface area contributed by atoms with Gasteiger partial charge >= 0.3 is 0 Å². The van der Waals surface area contributed by atoms with Gasteiger partial charge in [0, 0.05) is 0 Å². The van der Waals surface area contributed by atoms with Crippen molar-refractivity contribution in [1.82, 2.24) is 15.0 Å². The fourth-order valence-corrected chi connectivity index (χ4v) is 2.95. The molecule has 1 atom stereocenters. The van der Waals surface area contributed by atoms with Crippen molar-refractivity contribution >= 4 is 34.7 Å². The molecule has 1 aromatic heterocycles. The third-order valence-corrected chi connectivity index (χ3v) is 4.35. The summed E-state index contributed by atoms with van der Waals surface area (Å²) in [5.41, 5.74) is 4.71. The molecule has 0 saturated carbocycles. The first-order valence-electron chi connectivity index (χ1n) is 5.89. The second-order valence-corrected chi connectivity index (χ2v) is 5.71. The van der Waals surface area contributed by atoms with Gasteiger partial charge in [-0.15, -0.1) is 5.10 Å². The summed E-state index contributed by atoms with van der Waals surface area (Å²) in [5.74, 6) is 5.67. The lowest BCUT2D eigenvalue weighted by atomic mass is 10.0. The minimum atomic E-state index is -0.170. The highest BCUT2D eigenvalue weighted by molar-refractivity contribution is 7.05. The van der Waals surface area contributed by atoms with Crippen molar-refractivity contribution in [3.05, 3.63) is 44.4 Å². The van der Waals surface area contributed by atoms with Gasteiger partial charge in [0.15, 0.2) is 0 Å². The molecule has 0 bridgehead atoms. The van der Waals surface area contributed by atoms with E-state index >= 15 is 0 Å². The highest BCUT2D eigenvalue weighted by Crippen LogP contribution is 2.31. The van der Waals surface area contributed by atoms with Crippen LogP contribution in [0.2, 0.25) is 10.0 Å². The second-order valence-electron chi connectivity index (χ2n) is 4.11. The van der Waals surface area contributed by atoms with E-state index in [0.717, 1.165) is 29.0 Å². The Morgan fingerprint density at radius 1 is 1.37 bits per heavy atom. The maximum Gasteiger partial charge on any atom is 0.0838 e. The normalized spacial score (nSPS) is 12.6. The van der Waals surface area contributed by atoms with E-state index in [1.165, 1.54) is 11.5 Å². The molecule has 1 heterocycles. The summed E-state index contributed by atoms with van der Waals surface area (Å²) in [6.07, 6.45) is 1.89. The van der Waals surface area contributed by atoms with Gasteiger partial charge in [-0.2, -0.15) is 0 Å². The summed E-state index contributed by atoms with van der Waals surface area (Å²) >= 11 is 13.3. The maximum absolute atomic E-state index is 6.05. The molecular weight excluding hydrogens is 303 g/mol. The Morgan fingerprint density at radius 3 is 2.79 bits per heavy atom. The van der Waals surface area contributed by atoms with Crippen LogP contribution in [-0.2, 0) is 6.42 Å². The SMILES string of the molecule is CCCc1nnsc1C(NN)c1ccc(Cl)c(Cl)c1. The van der Waals surface area contributed by atoms with Crippen LogP contribution in [0.1, 0.15) is 35.5 Å². The molecule has 4 nitrogen and oxygen atoms in total. The summed E-state index contributed by atoms with van der Waals surface area (Å²) < 4.78 is 4.01. The third-order valence-electron chi connectivity index (χ3n) is 2.78. The maximum atomic E-state index is 6.05. The Morgan fingerprint density at radius 2 is 2.16 bits per heavy atom. The van der Waals surface area contributed by atoms with Crippen molar-refractivity contribution in [1.29, 1.82) is 0 Å². The lowest BCUT2D eigenvalue weighted by molar-refractivity contribution is 0.636. The Hall–Kier alpha value is -0.720. The number of aromatic nitrogens is 2. The Bertz CT molecular complexity index is 558.